The highest BCUT2D eigenvalue weighted by Crippen LogP contribution is 2.39. The Morgan fingerprint density at radius 1 is 0.968 bits per heavy atom. The number of Topliss-reactive ketones (excluding diaryl/α,β-unsaturated/α-hetero) is 1. The van der Waals surface area contributed by atoms with Crippen LogP contribution < -0.4 is 4.74 Å². The summed E-state index contributed by atoms with van der Waals surface area (Å²) in [6, 6.07) is 12.1. The van der Waals surface area contributed by atoms with Gasteiger partial charge in [0.05, 0.1) is 23.1 Å². The van der Waals surface area contributed by atoms with Crippen LogP contribution in [-0.4, -0.2) is 58.5 Å². The summed E-state index contributed by atoms with van der Waals surface area (Å²) < 4.78 is 6.90. The Morgan fingerprint density at radius 2 is 1.68 bits per heavy atom. The zero-order valence-electron chi connectivity index (χ0n) is 16.6. The largest absolute Gasteiger partial charge is 0.486 e. The minimum Gasteiger partial charge on any atom is -0.486 e. The number of benzene rings is 2. The molecule has 8 heteroatoms. The number of halogens is 1. The summed E-state index contributed by atoms with van der Waals surface area (Å²) >= 11 is 3.30. The third kappa shape index (κ3) is 3.35. The third-order valence-corrected chi connectivity index (χ3v) is 6.74. The first-order chi connectivity index (χ1) is 14.9. The van der Waals surface area contributed by atoms with Gasteiger partial charge in [0.25, 0.3) is 11.8 Å². The summed E-state index contributed by atoms with van der Waals surface area (Å²) in [6.45, 7) is 0.519. The second-order valence-electron chi connectivity index (χ2n) is 8.15. The maximum absolute atomic E-state index is 12.9. The van der Waals surface area contributed by atoms with Crippen molar-refractivity contribution in [2.75, 3.05) is 19.6 Å². The van der Waals surface area contributed by atoms with Gasteiger partial charge in [0.2, 0.25) is 5.91 Å². The fourth-order valence-electron chi connectivity index (χ4n) is 4.53. The number of rotatable bonds is 2. The van der Waals surface area contributed by atoms with Crippen LogP contribution in [0.3, 0.4) is 0 Å². The van der Waals surface area contributed by atoms with E-state index in [4.69, 9.17) is 4.74 Å². The van der Waals surface area contributed by atoms with Crippen LogP contribution in [-0.2, 0) is 4.79 Å². The number of nitrogens with zero attached hydrogens (tertiary/aromatic N) is 2. The van der Waals surface area contributed by atoms with Gasteiger partial charge in [-0.1, -0.05) is 28.1 Å². The molecule has 2 aromatic carbocycles. The van der Waals surface area contributed by atoms with Gasteiger partial charge in [-0.05, 0) is 30.3 Å². The third-order valence-electron chi connectivity index (χ3n) is 6.25. The molecule has 5 rings (SSSR count). The number of piperidine rings is 1. The molecule has 0 saturated carbocycles. The van der Waals surface area contributed by atoms with Crippen molar-refractivity contribution in [3.8, 4) is 5.75 Å². The number of likely N-dealkylation sites (tertiary alicyclic amines) is 1. The molecule has 0 bridgehead atoms. The molecular weight excluding hydrogens is 464 g/mol. The minimum atomic E-state index is -0.607. The first-order valence-electron chi connectivity index (χ1n) is 10.1. The predicted molar refractivity (Wildman–Crippen MR) is 114 cm³/mol. The molecule has 0 aromatic heterocycles. The van der Waals surface area contributed by atoms with Crippen molar-refractivity contribution in [1.29, 1.82) is 0 Å². The Morgan fingerprint density at radius 3 is 2.45 bits per heavy atom. The van der Waals surface area contributed by atoms with E-state index in [0.29, 0.717) is 59.3 Å². The molecular formula is C23H19BrN2O5. The maximum atomic E-state index is 12.9. The van der Waals surface area contributed by atoms with Gasteiger partial charge >= 0.3 is 0 Å². The number of carbonyl (C=O) groups excluding carboxylic acids is 4. The van der Waals surface area contributed by atoms with Crippen LogP contribution >= 0.6 is 15.9 Å². The molecule has 0 aliphatic carbocycles. The summed E-state index contributed by atoms with van der Waals surface area (Å²) in [6.07, 6.45) is 1.33. The van der Waals surface area contributed by atoms with Crippen molar-refractivity contribution in [2.24, 2.45) is 0 Å². The molecule has 3 heterocycles. The Labute approximate surface area is 187 Å². The lowest BCUT2D eigenvalue weighted by molar-refractivity contribution is -0.135. The fourth-order valence-corrected chi connectivity index (χ4v) is 4.89. The Hall–Kier alpha value is -3.00. The Kier molecular flexibility index (Phi) is 4.69. The standard InChI is InChI=1S/C23H19BrN2O5/c24-14-5-6-15-17(11-14)22(30)26(21(15)29)13-20(28)25-9-7-23(8-10-25)12-18(27)16-3-1-2-4-19(16)31-23/h1-6,11H,7-10,12-13H2. The van der Waals surface area contributed by atoms with Gasteiger partial charge in [-0.2, -0.15) is 0 Å². The summed E-state index contributed by atoms with van der Waals surface area (Å²) in [4.78, 5) is 53.3. The summed E-state index contributed by atoms with van der Waals surface area (Å²) in [5.74, 6) is -0.548. The smallest absolute Gasteiger partial charge is 0.262 e. The number of hydrogen-bond donors (Lipinski definition) is 0. The van der Waals surface area contributed by atoms with Crippen LogP contribution in [0.4, 0.5) is 0 Å². The zero-order valence-corrected chi connectivity index (χ0v) is 18.2. The van der Waals surface area contributed by atoms with Gasteiger partial charge < -0.3 is 9.64 Å². The van der Waals surface area contributed by atoms with Crippen LogP contribution in [0.1, 0.15) is 50.3 Å². The van der Waals surface area contributed by atoms with Gasteiger partial charge in [0, 0.05) is 30.4 Å². The molecule has 7 nitrogen and oxygen atoms in total. The Bertz CT molecular complexity index is 1140. The van der Waals surface area contributed by atoms with Crippen molar-refractivity contribution in [2.45, 2.75) is 24.9 Å². The van der Waals surface area contributed by atoms with E-state index in [9.17, 15) is 19.2 Å². The molecule has 3 amide bonds. The van der Waals surface area contributed by atoms with Crippen LogP contribution in [0.5, 0.6) is 5.75 Å². The average Bonchev–Trinajstić information content (AvgIpc) is 2.98. The molecule has 0 radical (unpaired) electrons. The number of carbonyl (C=O) groups is 4. The van der Waals surface area contributed by atoms with E-state index in [0.717, 1.165) is 4.90 Å². The van der Waals surface area contributed by atoms with Crippen LogP contribution in [0, 0.1) is 0 Å². The van der Waals surface area contributed by atoms with Crippen molar-refractivity contribution in [1.82, 2.24) is 9.80 Å². The summed E-state index contributed by atoms with van der Waals surface area (Å²) in [7, 11) is 0. The first-order valence-corrected chi connectivity index (χ1v) is 10.9. The summed E-state index contributed by atoms with van der Waals surface area (Å²) in [5, 5.41) is 0. The normalized spacial score (nSPS) is 19.3. The van der Waals surface area contributed by atoms with Crippen molar-refractivity contribution >= 4 is 39.4 Å². The van der Waals surface area contributed by atoms with Crippen LogP contribution in [0.15, 0.2) is 46.9 Å². The van der Waals surface area contributed by atoms with Gasteiger partial charge in [0.1, 0.15) is 17.9 Å². The molecule has 1 fully saturated rings. The van der Waals surface area contributed by atoms with E-state index >= 15 is 0 Å². The Balaban J connectivity index is 1.25. The predicted octanol–water partition coefficient (Wildman–Crippen LogP) is 3.07. The van der Waals surface area contributed by atoms with Gasteiger partial charge in [0.15, 0.2) is 5.78 Å². The molecule has 158 valence electrons. The van der Waals surface area contributed by atoms with Crippen molar-refractivity contribution in [3.05, 3.63) is 63.6 Å². The molecule has 0 N–H and O–H groups in total. The molecule has 1 spiro atoms. The lowest BCUT2D eigenvalue weighted by atomic mass is 9.82. The SMILES string of the molecule is O=C1CC2(CCN(C(=O)CN3C(=O)c4ccc(Br)cc4C3=O)CC2)Oc2ccccc21. The summed E-state index contributed by atoms with van der Waals surface area (Å²) in [5.41, 5.74) is 0.608. The van der Waals surface area contributed by atoms with Gasteiger partial charge in [-0.3, -0.25) is 24.1 Å². The average molecular weight is 483 g/mol. The van der Waals surface area contributed by atoms with Gasteiger partial charge in [-0.15, -0.1) is 0 Å². The highest BCUT2D eigenvalue weighted by atomic mass is 79.9. The quantitative estimate of drug-likeness (QED) is 0.614. The first kappa shape index (κ1) is 19.9. The highest BCUT2D eigenvalue weighted by Gasteiger charge is 2.44. The lowest BCUT2D eigenvalue weighted by Crippen LogP contribution is -2.54. The number of fused-ring (bicyclic) bond motifs is 2. The number of imide groups is 1. The molecule has 3 aliphatic rings. The number of hydrogen-bond acceptors (Lipinski definition) is 5. The second-order valence-corrected chi connectivity index (χ2v) is 9.06. The van der Waals surface area contributed by atoms with E-state index in [2.05, 4.69) is 15.9 Å². The van der Waals surface area contributed by atoms with Crippen molar-refractivity contribution in [3.63, 3.8) is 0 Å². The second kappa shape index (κ2) is 7.30. The maximum Gasteiger partial charge on any atom is 0.262 e. The number of ether oxygens (including phenoxy) is 1. The van der Waals surface area contributed by atoms with E-state index < -0.39 is 17.4 Å². The number of para-hydroxylation sites is 1. The molecule has 1 saturated heterocycles. The molecule has 3 aliphatic heterocycles. The fraction of sp³-hybridized carbons (Fsp3) is 0.304. The van der Waals surface area contributed by atoms with E-state index in [1.54, 1.807) is 35.2 Å². The number of ketones is 1. The highest BCUT2D eigenvalue weighted by molar-refractivity contribution is 9.10. The molecule has 0 atom stereocenters. The van der Waals surface area contributed by atoms with Crippen LogP contribution in [0.2, 0.25) is 0 Å². The number of amides is 3. The van der Waals surface area contributed by atoms with E-state index in [1.807, 2.05) is 12.1 Å². The van der Waals surface area contributed by atoms with Crippen molar-refractivity contribution < 1.29 is 23.9 Å². The lowest BCUT2D eigenvalue weighted by Gasteiger charge is -2.44. The minimum absolute atomic E-state index is 0.0545. The topological polar surface area (TPSA) is 84.0 Å². The van der Waals surface area contributed by atoms with E-state index in [-0.39, 0.29) is 18.2 Å². The monoisotopic (exact) mass is 482 g/mol. The molecule has 0 unspecified atom stereocenters. The van der Waals surface area contributed by atoms with Gasteiger partial charge in [-0.25, -0.2) is 0 Å². The van der Waals surface area contributed by atoms with Crippen LogP contribution in [0.25, 0.3) is 0 Å². The van der Waals surface area contributed by atoms with E-state index in [1.165, 1.54) is 0 Å². The molecule has 2 aromatic rings. The molecule has 31 heavy (non-hydrogen) atoms. The zero-order chi connectivity index (χ0) is 21.8.